The van der Waals surface area contributed by atoms with Crippen LogP contribution in [0.1, 0.15) is 19.3 Å². The molecule has 0 saturated heterocycles. The normalized spacial score (nSPS) is 16.9. The van der Waals surface area contributed by atoms with Crippen molar-refractivity contribution >= 4 is 39.2 Å². The Hall–Kier alpha value is -0.890. The number of carboxylic acids is 1. The van der Waals surface area contributed by atoms with Crippen molar-refractivity contribution in [2.75, 3.05) is 0 Å². The number of aliphatic carboxylic acids is 1. The van der Waals surface area contributed by atoms with Gasteiger partial charge in [0.1, 0.15) is 10.7 Å². The highest BCUT2D eigenvalue weighted by atomic mass is 35.5. The van der Waals surface area contributed by atoms with Crippen molar-refractivity contribution in [1.82, 2.24) is 4.72 Å². The second-order valence-electron chi connectivity index (χ2n) is 4.65. The first kappa shape index (κ1) is 15.5. The summed E-state index contributed by atoms with van der Waals surface area (Å²) in [6.07, 6.45) is 0.493. The van der Waals surface area contributed by atoms with Crippen LogP contribution in [0.4, 0.5) is 4.39 Å². The molecule has 0 bridgehead atoms. The van der Waals surface area contributed by atoms with Crippen LogP contribution in [0.15, 0.2) is 17.0 Å². The maximum atomic E-state index is 13.1. The van der Waals surface area contributed by atoms with Crippen LogP contribution in [0.25, 0.3) is 0 Å². The Morgan fingerprint density at radius 1 is 1.35 bits per heavy atom. The Balaban J connectivity index is 2.35. The van der Waals surface area contributed by atoms with Gasteiger partial charge in [-0.3, -0.25) is 4.79 Å². The van der Waals surface area contributed by atoms with E-state index in [2.05, 4.69) is 4.72 Å². The number of carbonyl (C=O) groups is 1. The van der Waals surface area contributed by atoms with Gasteiger partial charge < -0.3 is 5.11 Å². The van der Waals surface area contributed by atoms with E-state index in [9.17, 15) is 17.6 Å². The molecule has 1 aromatic carbocycles. The van der Waals surface area contributed by atoms with Crippen molar-refractivity contribution in [2.45, 2.75) is 29.7 Å². The minimum absolute atomic E-state index is 0.331. The van der Waals surface area contributed by atoms with Gasteiger partial charge in [0.05, 0.1) is 16.5 Å². The molecule has 5 nitrogen and oxygen atoms in total. The zero-order valence-electron chi connectivity index (χ0n) is 9.99. The van der Waals surface area contributed by atoms with Crippen LogP contribution in [-0.4, -0.2) is 25.0 Å². The molecule has 2 rings (SSSR count). The maximum absolute atomic E-state index is 13.1. The highest BCUT2D eigenvalue weighted by Gasteiger charge is 2.48. The number of benzene rings is 1. The molecule has 1 aromatic rings. The Morgan fingerprint density at radius 3 is 2.25 bits per heavy atom. The van der Waals surface area contributed by atoms with Crippen molar-refractivity contribution in [2.24, 2.45) is 0 Å². The van der Waals surface area contributed by atoms with Gasteiger partial charge >= 0.3 is 5.97 Å². The van der Waals surface area contributed by atoms with E-state index in [1.807, 2.05) is 0 Å². The smallest absolute Gasteiger partial charge is 0.305 e. The molecule has 0 aromatic heterocycles. The van der Waals surface area contributed by atoms with E-state index in [4.69, 9.17) is 28.3 Å². The summed E-state index contributed by atoms with van der Waals surface area (Å²) >= 11 is 11.4. The number of hydrogen-bond acceptors (Lipinski definition) is 3. The lowest BCUT2D eigenvalue weighted by atomic mass is 10.2. The van der Waals surface area contributed by atoms with Gasteiger partial charge in [0, 0.05) is 5.54 Å². The van der Waals surface area contributed by atoms with E-state index in [1.54, 1.807) is 0 Å². The number of carboxylic acid groups (broad SMARTS) is 1. The zero-order chi connectivity index (χ0) is 15.1. The van der Waals surface area contributed by atoms with E-state index < -0.39 is 32.2 Å². The third-order valence-corrected chi connectivity index (χ3v) is 5.43. The zero-order valence-corrected chi connectivity index (χ0v) is 12.3. The van der Waals surface area contributed by atoms with Crippen molar-refractivity contribution in [3.63, 3.8) is 0 Å². The van der Waals surface area contributed by atoms with Crippen molar-refractivity contribution in [1.29, 1.82) is 0 Å². The van der Waals surface area contributed by atoms with E-state index in [0.29, 0.717) is 12.8 Å². The Morgan fingerprint density at radius 2 is 1.85 bits per heavy atom. The monoisotopic (exact) mass is 341 g/mol. The summed E-state index contributed by atoms with van der Waals surface area (Å²) in [5.74, 6) is -1.87. The Kier molecular flexibility index (Phi) is 3.98. The molecule has 9 heteroatoms. The van der Waals surface area contributed by atoms with E-state index in [1.165, 1.54) is 0 Å². The summed E-state index contributed by atoms with van der Waals surface area (Å²) in [5, 5.41) is 8.06. The third-order valence-electron chi connectivity index (χ3n) is 2.93. The lowest BCUT2D eigenvalue weighted by Crippen LogP contribution is -2.38. The second kappa shape index (κ2) is 5.14. The van der Waals surface area contributed by atoms with Crippen LogP contribution in [-0.2, 0) is 14.8 Å². The van der Waals surface area contributed by atoms with Gasteiger partial charge in [0.2, 0.25) is 10.0 Å². The van der Waals surface area contributed by atoms with Gasteiger partial charge in [-0.25, -0.2) is 17.5 Å². The number of rotatable bonds is 5. The van der Waals surface area contributed by atoms with Crippen LogP contribution in [0.3, 0.4) is 0 Å². The maximum Gasteiger partial charge on any atom is 0.305 e. The SMILES string of the molecule is O=C(O)CC1(NS(=O)(=O)c2c(Cl)cc(F)cc2Cl)CC1. The van der Waals surface area contributed by atoms with Gasteiger partial charge in [-0.1, -0.05) is 23.2 Å². The van der Waals surface area contributed by atoms with Crippen LogP contribution < -0.4 is 4.72 Å². The molecule has 1 fully saturated rings. The lowest BCUT2D eigenvalue weighted by Gasteiger charge is -2.16. The first-order valence-electron chi connectivity index (χ1n) is 5.56. The van der Waals surface area contributed by atoms with Gasteiger partial charge in [-0.15, -0.1) is 0 Å². The highest BCUT2D eigenvalue weighted by Crippen LogP contribution is 2.41. The quantitative estimate of drug-likeness (QED) is 0.861. The van der Waals surface area contributed by atoms with E-state index in [-0.39, 0.29) is 16.5 Å². The van der Waals surface area contributed by atoms with Crippen LogP contribution in [0.2, 0.25) is 10.0 Å². The predicted molar refractivity (Wildman–Crippen MR) is 71.0 cm³/mol. The van der Waals surface area contributed by atoms with E-state index in [0.717, 1.165) is 12.1 Å². The molecule has 0 radical (unpaired) electrons. The van der Waals surface area contributed by atoms with E-state index >= 15 is 0 Å². The lowest BCUT2D eigenvalue weighted by molar-refractivity contribution is -0.137. The number of halogens is 3. The highest BCUT2D eigenvalue weighted by molar-refractivity contribution is 7.89. The molecule has 0 aliphatic heterocycles. The van der Waals surface area contributed by atoms with Crippen LogP contribution >= 0.6 is 23.2 Å². The molecule has 1 saturated carbocycles. The summed E-state index contributed by atoms with van der Waals surface area (Å²) in [6.45, 7) is 0. The minimum atomic E-state index is -4.12. The largest absolute Gasteiger partial charge is 0.481 e. The molecule has 0 heterocycles. The van der Waals surface area contributed by atoms with Crippen LogP contribution in [0, 0.1) is 5.82 Å². The summed E-state index contributed by atoms with van der Waals surface area (Å²) in [5.41, 5.74) is -1.01. The molecule has 0 unspecified atom stereocenters. The van der Waals surface area contributed by atoms with Crippen molar-refractivity contribution in [3.8, 4) is 0 Å². The van der Waals surface area contributed by atoms with Crippen molar-refractivity contribution < 1.29 is 22.7 Å². The first-order valence-corrected chi connectivity index (χ1v) is 7.79. The molecular weight excluding hydrogens is 332 g/mol. The average molecular weight is 342 g/mol. The molecule has 2 N–H and O–H groups in total. The predicted octanol–water partition coefficient (Wildman–Crippen LogP) is 2.42. The first-order chi connectivity index (χ1) is 9.15. The molecule has 1 aliphatic rings. The van der Waals surface area contributed by atoms with Crippen molar-refractivity contribution in [3.05, 3.63) is 28.0 Å². The summed E-state index contributed by atoms with van der Waals surface area (Å²) in [6, 6.07) is 1.66. The summed E-state index contributed by atoms with van der Waals surface area (Å²) < 4.78 is 39.8. The number of sulfonamides is 1. The van der Waals surface area contributed by atoms with Gasteiger partial charge in [-0.05, 0) is 25.0 Å². The molecular formula is C11H10Cl2FNO4S. The molecule has 110 valence electrons. The fourth-order valence-electron chi connectivity index (χ4n) is 1.88. The Bertz CT molecular complexity index is 650. The Labute approximate surface area is 124 Å². The summed E-state index contributed by atoms with van der Waals surface area (Å²) in [4.78, 5) is 10.3. The minimum Gasteiger partial charge on any atom is -0.481 e. The molecule has 0 spiro atoms. The summed E-state index contributed by atoms with van der Waals surface area (Å²) in [7, 11) is -4.12. The number of hydrogen-bond donors (Lipinski definition) is 2. The topological polar surface area (TPSA) is 83.5 Å². The van der Waals surface area contributed by atoms with Gasteiger partial charge in [-0.2, -0.15) is 0 Å². The average Bonchev–Trinajstić information content (AvgIpc) is 2.92. The fourth-order valence-corrected chi connectivity index (χ4v) is 4.53. The fraction of sp³-hybridized carbons (Fsp3) is 0.364. The molecule has 0 amide bonds. The third kappa shape index (κ3) is 3.22. The standard InChI is InChI=1S/C11H10Cl2FNO4S/c12-7-3-6(14)4-8(13)10(7)20(18,19)15-11(1-2-11)5-9(16)17/h3-4,15H,1-2,5H2,(H,16,17). The van der Waals surface area contributed by atoms with Gasteiger partial charge in [0.25, 0.3) is 0 Å². The van der Waals surface area contributed by atoms with Crippen LogP contribution in [0.5, 0.6) is 0 Å². The van der Waals surface area contributed by atoms with Gasteiger partial charge in [0.15, 0.2) is 0 Å². The second-order valence-corrected chi connectivity index (χ2v) is 7.09. The number of nitrogens with one attached hydrogen (secondary N) is 1. The molecule has 1 aliphatic carbocycles. The molecule has 0 atom stereocenters. The molecule has 20 heavy (non-hydrogen) atoms.